The highest BCUT2D eigenvalue weighted by Gasteiger charge is 2.12. The predicted octanol–water partition coefficient (Wildman–Crippen LogP) is 3.20. The zero-order chi connectivity index (χ0) is 13.8. The van der Waals surface area contributed by atoms with E-state index in [2.05, 4.69) is 5.32 Å². The molecule has 0 saturated heterocycles. The van der Waals surface area contributed by atoms with Crippen molar-refractivity contribution >= 4 is 41.5 Å². The molecule has 1 aromatic rings. The lowest BCUT2D eigenvalue weighted by atomic mass is 10.1. The molecule has 0 saturated carbocycles. The molecule has 3 N–H and O–H groups in total. The third-order valence-corrected chi connectivity index (χ3v) is 2.96. The van der Waals surface area contributed by atoms with Gasteiger partial charge in [-0.05, 0) is 38.0 Å². The summed E-state index contributed by atoms with van der Waals surface area (Å²) >= 11 is 11.8. The quantitative estimate of drug-likeness (QED) is 0.873. The van der Waals surface area contributed by atoms with Gasteiger partial charge in [-0.3, -0.25) is 4.79 Å². The maximum absolute atomic E-state index is 11.6. The van der Waals surface area contributed by atoms with Crippen LogP contribution in [0.15, 0.2) is 18.2 Å². The van der Waals surface area contributed by atoms with Gasteiger partial charge in [-0.2, -0.15) is 0 Å². The fourth-order valence-electron chi connectivity index (χ4n) is 1.39. The van der Waals surface area contributed by atoms with Gasteiger partial charge in [0.15, 0.2) is 0 Å². The summed E-state index contributed by atoms with van der Waals surface area (Å²) in [5.41, 5.74) is 6.31. The summed E-state index contributed by atoms with van der Waals surface area (Å²) in [4.78, 5) is 11.6. The lowest BCUT2D eigenvalue weighted by molar-refractivity contribution is -0.121. The van der Waals surface area contributed by atoms with Gasteiger partial charge in [0.05, 0.1) is 0 Å². The van der Waals surface area contributed by atoms with E-state index in [4.69, 9.17) is 28.9 Å². The third-order valence-electron chi connectivity index (χ3n) is 2.38. The molecule has 1 rings (SSSR count). The fraction of sp³-hybridized carbons (Fsp3) is 0.462. The average Bonchev–Trinajstić information content (AvgIpc) is 2.24. The minimum Gasteiger partial charge on any atom is -0.354 e. The molecule has 0 spiro atoms. The van der Waals surface area contributed by atoms with Gasteiger partial charge < -0.3 is 11.1 Å². The van der Waals surface area contributed by atoms with E-state index in [0.717, 1.165) is 5.56 Å². The Balaban J connectivity index is 0.00000324. The van der Waals surface area contributed by atoms with Crippen LogP contribution >= 0.6 is 35.6 Å². The Kier molecular flexibility index (Phi) is 7.75. The van der Waals surface area contributed by atoms with Crippen LogP contribution in [0.25, 0.3) is 0 Å². The second kappa shape index (κ2) is 7.95. The number of halogens is 3. The van der Waals surface area contributed by atoms with E-state index in [1.54, 1.807) is 12.1 Å². The number of hydrogen-bond acceptors (Lipinski definition) is 2. The Morgan fingerprint density at radius 1 is 1.37 bits per heavy atom. The number of hydrogen-bond donors (Lipinski definition) is 2. The Morgan fingerprint density at radius 3 is 2.53 bits per heavy atom. The van der Waals surface area contributed by atoms with Gasteiger partial charge >= 0.3 is 0 Å². The van der Waals surface area contributed by atoms with Crippen molar-refractivity contribution in [3.63, 3.8) is 0 Å². The largest absolute Gasteiger partial charge is 0.354 e. The molecule has 0 atom stereocenters. The van der Waals surface area contributed by atoms with Gasteiger partial charge in [0.2, 0.25) is 5.91 Å². The smallest absolute Gasteiger partial charge is 0.220 e. The van der Waals surface area contributed by atoms with Crippen LogP contribution in [0.4, 0.5) is 0 Å². The van der Waals surface area contributed by atoms with Crippen molar-refractivity contribution in [1.82, 2.24) is 5.32 Å². The van der Waals surface area contributed by atoms with Crippen molar-refractivity contribution in [2.24, 2.45) is 5.73 Å². The van der Waals surface area contributed by atoms with Crippen LogP contribution in [-0.4, -0.2) is 18.0 Å². The lowest BCUT2D eigenvalue weighted by Crippen LogP contribution is -2.45. The highest BCUT2D eigenvalue weighted by atomic mass is 35.5. The minimum absolute atomic E-state index is 0. The predicted molar refractivity (Wildman–Crippen MR) is 83.3 cm³/mol. The van der Waals surface area contributed by atoms with Crippen LogP contribution in [0, 0.1) is 0 Å². The summed E-state index contributed by atoms with van der Waals surface area (Å²) < 4.78 is 0. The molecule has 108 valence electrons. The summed E-state index contributed by atoms with van der Waals surface area (Å²) in [7, 11) is 0. The first-order chi connectivity index (χ1) is 8.28. The highest BCUT2D eigenvalue weighted by molar-refractivity contribution is 6.35. The maximum Gasteiger partial charge on any atom is 0.220 e. The van der Waals surface area contributed by atoms with Crippen LogP contribution in [-0.2, 0) is 11.2 Å². The molecule has 0 unspecified atom stereocenters. The first kappa shape index (κ1) is 18.5. The van der Waals surface area contributed by atoms with Crippen molar-refractivity contribution < 1.29 is 4.79 Å². The second-order valence-electron chi connectivity index (χ2n) is 5.00. The molecule has 0 aliphatic rings. The Labute approximate surface area is 130 Å². The zero-order valence-corrected chi connectivity index (χ0v) is 13.3. The zero-order valence-electron chi connectivity index (χ0n) is 11.0. The topological polar surface area (TPSA) is 55.1 Å². The summed E-state index contributed by atoms with van der Waals surface area (Å²) in [6, 6.07) is 5.29. The van der Waals surface area contributed by atoms with E-state index in [9.17, 15) is 4.79 Å². The molecular weight excluding hydrogens is 307 g/mol. The van der Waals surface area contributed by atoms with Gasteiger partial charge in [-0.15, -0.1) is 12.4 Å². The monoisotopic (exact) mass is 324 g/mol. The highest BCUT2D eigenvalue weighted by Crippen LogP contribution is 2.21. The van der Waals surface area contributed by atoms with Crippen molar-refractivity contribution in [3.05, 3.63) is 33.8 Å². The molecule has 6 heteroatoms. The molecule has 1 aromatic carbocycles. The standard InChI is InChI=1S/C13H18Cl2N2O.ClH/c1-13(2,16)8-17-12(18)6-4-9-3-5-10(14)7-11(9)15;/h3,5,7H,4,6,8,16H2,1-2H3,(H,17,18);1H. The van der Waals surface area contributed by atoms with Crippen LogP contribution < -0.4 is 11.1 Å². The van der Waals surface area contributed by atoms with Gasteiger partial charge in [0, 0.05) is 28.5 Å². The molecule has 0 aliphatic carbocycles. The average molecular weight is 326 g/mol. The molecule has 0 aliphatic heterocycles. The van der Waals surface area contributed by atoms with Crippen LogP contribution in [0.1, 0.15) is 25.8 Å². The number of benzene rings is 1. The number of amides is 1. The Hall–Kier alpha value is -0.480. The molecule has 0 radical (unpaired) electrons. The van der Waals surface area contributed by atoms with Crippen LogP contribution in [0.2, 0.25) is 10.0 Å². The van der Waals surface area contributed by atoms with Crippen molar-refractivity contribution in [2.75, 3.05) is 6.54 Å². The Bertz CT molecular complexity index is 430. The van der Waals surface area contributed by atoms with Gasteiger partial charge in [0.1, 0.15) is 0 Å². The second-order valence-corrected chi connectivity index (χ2v) is 5.84. The van der Waals surface area contributed by atoms with Crippen LogP contribution in [0.5, 0.6) is 0 Å². The number of carbonyl (C=O) groups excluding carboxylic acids is 1. The fourth-order valence-corrected chi connectivity index (χ4v) is 1.89. The summed E-state index contributed by atoms with van der Waals surface area (Å²) in [5, 5.41) is 3.98. The molecule has 19 heavy (non-hydrogen) atoms. The summed E-state index contributed by atoms with van der Waals surface area (Å²) in [5.74, 6) is -0.0282. The van der Waals surface area contributed by atoms with E-state index in [1.807, 2.05) is 19.9 Å². The van der Waals surface area contributed by atoms with Gasteiger partial charge in [-0.25, -0.2) is 0 Å². The number of nitrogens with two attached hydrogens (primary N) is 1. The minimum atomic E-state index is -0.395. The number of carbonyl (C=O) groups is 1. The molecule has 1 amide bonds. The summed E-state index contributed by atoms with van der Waals surface area (Å²) in [6.45, 7) is 4.19. The molecule has 0 bridgehead atoms. The van der Waals surface area contributed by atoms with E-state index >= 15 is 0 Å². The first-order valence-corrected chi connectivity index (χ1v) is 6.53. The van der Waals surface area contributed by atoms with Gasteiger partial charge in [-0.1, -0.05) is 29.3 Å². The van der Waals surface area contributed by atoms with E-state index in [0.29, 0.717) is 29.4 Å². The van der Waals surface area contributed by atoms with Crippen molar-refractivity contribution in [2.45, 2.75) is 32.2 Å². The SMILES string of the molecule is CC(C)(N)CNC(=O)CCc1ccc(Cl)cc1Cl.Cl. The van der Waals surface area contributed by atoms with Crippen molar-refractivity contribution in [3.8, 4) is 0 Å². The Morgan fingerprint density at radius 2 is 2.00 bits per heavy atom. The third kappa shape index (κ3) is 7.63. The lowest BCUT2D eigenvalue weighted by Gasteiger charge is -2.18. The summed E-state index contributed by atoms with van der Waals surface area (Å²) in [6.07, 6.45) is 0.976. The maximum atomic E-state index is 11.6. The molecule has 0 aromatic heterocycles. The van der Waals surface area contributed by atoms with Gasteiger partial charge in [0.25, 0.3) is 0 Å². The normalized spacial score (nSPS) is 10.8. The number of rotatable bonds is 5. The van der Waals surface area contributed by atoms with Crippen molar-refractivity contribution in [1.29, 1.82) is 0 Å². The van der Waals surface area contributed by atoms with E-state index < -0.39 is 5.54 Å². The van der Waals surface area contributed by atoms with E-state index in [-0.39, 0.29) is 18.3 Å². The molecule has 0 heterocycles. The van der Waals surface area contributed by atoms with Crippen LogP contribution in [0.3, 0.4) is 0 Å². The molecule has 0 fully saturated rings. The van der Waals surface area contributed by atoms with E-state index in [1.165, 1.54) is 0 Å². The molecular formula is C13H19Cl3N2O. The number of nitrogens with one attached hydrogen (secondary N) is 1. The number of aryl methyl sites for hydroxylation is 1. The first-order valence-electron chi connectivity index (χ1n) is 5.77. The molecule has 3 nitrogen and oxygen atoms in total.